The number of hydrogen-bond acceptors (Lipinski definition) is 15. The van der Waals surface area contributed by atoms with Crippen LogP contribution in [-0.4, -0.2) is 126 Å². The van der Waals surface area contributed by atoms with Crippen molar-refractivity contribution in [3.63, 3.8) is 0 Å². The first-order chi connectivity index (χ1) is 31.5. The maximum atomic E-state index is 14.0. The van der Waals surface area contributed by atoms with Crippen LogP contribution in [-0.2, 0) is 9.47 Å². The maximum absolute atomic E-state index is 14.0. The zero-order chi connectivity index (χ0) is 48.0. The van der Waals surface area contributed by atoms with Crippen molar-refractivity contribution >= 4 is 57.0 Å². The summed E-state index contributed by atoms with van der Waals surface area (Å²) in [5.74, 6) is 0.120. The van der Waals surface area contributed by atoms with Crippen molar-refractivity contribution < 1.29 is 57.8 Å². The number of aliphatic hydroxyl groups excluding tert-OH is 2. The Hall–Kier alpha value is -5.63. The third-order valence-electron chi connectivity index (χ3n) is 10.2. The van der Waals surface area contributed by atoms with Gasteiger partial charge in [0.2, 0.25) is 0 Å². The zero-order valence-corrected chi connectivity index (χ0v) is 40.0. The Morgan fingerprint density at radius 3 is 2.00 bits per heavy atom. The number of amides is 4. The van der Waals surface area contributed by atoms with E-state index in [1.165, 1.54) is 69.9 Å². The number of carbonyl (C=O) groups excluding carboxylic acids is 4. The average Bonchev–Trinajstić information content (AvgIpc) is 3.67. The molecule has 1 unspecified atom stereocenters. The minimum atomic E-state index is -1.02. The summed E-state index contributed by atoms with van der Waals surface area (Å²) in [5.41, 5.74) is 1.26. The van der Waals surface area contributed by atoms with Crippen molar-refractivity contribution in [2.75, 3.05) is 64.4 Å². The molecule has 5 rings (SSSR count). The van der Waals surface area contributed by atoms with E-state index in [9.17, 15) is 29.4 Å². The minimum Gasteiger partial charge on any atom is -0.493 e. The Morgan fingerprint density at radius 1 is 0.848 bits per heavy atom. The summed E-state index contributed by atoms with van der Waals surface area (Å²) in [7, 11) is 5.87. The van der Waals surface area contributed by atoms with Crippen LogP contribution in [0.1, 0.15) is 86.9 Å². The lowest BCUT2D eigenvalue weighted by molar-refractivity contribution is -0.00134. The van der Waals surface area contributed by atoms with Crippen LogP contribution in [0.2, 0.25) is 0 Å². The largest absolute Gasteiger partial charge is 0.493 e. The van der Waals surface area contributed by atoms with E-state index in [2.05, 4.69) is 28.8 Å². The highest BCUT2D eigenvalue weighted by Gasteiger charge is 2.34. The molecule has 19 heteroatoms. The molecule has 17 nitrogen and oxygen atoms in total. The molecule has 66 heavy (non-hydrogen) atoms. The van der Waals surface area contributed by atoms with Crippen LogP contribution in [0.25, 0.3) is 0 Å². The van der Waals surface area contributed by atoms with Gasteiger partial charge >= 0.3 is 12.2 Å². The van der Waals surface area contributed by atoms with Gasteiger partial charge in [0.1, 0.15) is 23.5 Å². The normalized spacial score (nSPS) is 16.6. The molecule has 2 saturated heterocycles. The summed E-state index contributed by atoms with van der Waals surface area (Å²) in [5, 5.41) is 26.8. The van der Waals surface area contributed by atoms with E-state index in [1.54, 1.807) is 27.0 Å². The molecule has 3 atom stereocenters. The lowest BCUT2D eigenvalue weighted by Gasteiger charge is -2.34. The van der Waals surface area contributed by atoms with E-state index in [1.807, 2.05) is 25.1 Å². The predicted octanol–water partition coefficient (Wildman–Crippen LogP) is 8.33. The number of hydrogen-bond donors (Lipinski definition) is 4. The quantitative estimate of drug-likeness (QED) is 0.0477. The van der Waals surface area contributed by atoms with Crippen LogP contribution in [0, 0.1) is 0 Å². The lowest BCUT2D eigenvalue weighted by atomic mass is 10.0. The summed E-state index contributed by atoms with van der Waals surface area (Å²) < 4.78 is 34.5. The second-order valence-corrected chi connectivity index (χ2v) is 19.4. The fourth-order valence-corrected chi connectivity index (χ4v) is 8.86. The molecule has 2 fully saturated rings. The molecule has 2 aliphatic heterocycles. The van der Waals surface area contributed by atoms with Gasteiger partial charge in [0.15, 0.2) is 23.0 Å². The molecule has 0 spiro atoms. The standard InChI is InChI=1S/C47H61N5O12S2/c1-29-15-16-42(54)52(25-29)44(56)34-22-38(60-8)40(24-36(34)50-46(58)64-47(4,5)6)62-19-13-9-12-18-61-39-23-35(49-45(57)63-28-31(3)65-66-41-14-10-11-17-48-41)33(21-37(39)59-7)43(55)51-26-30(2)20-32(51)27-53/h10-11,14,17,21-24,31-32,42,53-54H,1-2,9,12-13,15-16,18-20,25-28H2,3-8H3,(H,49,57)(H,50,58)/t31-,32+,42?/m1/s1. The van der Waals surface area contributed by atoms with Crippen LogP contribution in [0.5, 0.6) is 23.0 Å². The summed E-state index contributed by atoms with van der Waals surface area (Å²) in [4.78, 5) is 61.0. The topological polar surface area (TPSA) is 208 Å². The van der Waals surface area contributed by atoms with E-state index in [-0.39, 0.29) is 90.3 Å². The average molecular weight is 952 g/mol. The second kappa shape index (κ2) is 24.2. The third kappa shape index (κ3) is 14.7. The number of carbonyl (C=O) groups is 4. The molecule has 4 amide bonds. The number of methoxy groups -OCH3 is 2. The van der Waals surface area contributed by atoms with Crippen molar-refractivity contribution in [2.24, 2.45) is 0 Å². The summed E-state index contributed by atoms with van der Waals surface area (Å²) in [6.07, 6.45) is 2.35. The number of pyridine rings is 1. The molecule has 0 radical (unpaired) electrons. The van der Waals surface area contributed by atoms with Crippen LogP contribution in [0.15, 0.2) is 78.0 Å². The van der Waals surface area contributed by atoms with Crippen LogP contribution in [0.3, 0.4) is 0 Å². The highest BCUT2D eigenvalue weighted by Crippen LogP contribution is 2.38. The highest BCUT2D eigenvalue weighted by atomic mass is 33.1. The molecule has 0 bridgehead atoms. The molecule has 3 aromatic rings. The Bertz CT molecular complexity index is 2200. The number of ether oxygens (including phenoxy) is 6. The van der Waals surface area contributed by atoms with Gasteiger partial charge in [-0.3, -0.25) is 20.2 Å². The Labute approximate surface area is 394 Å². The fraction of sp³-hybridized carbons (Fsp3) is 0.468. The first-order valence-corrected chi connectivity index (χ1v) is 23.8. The fourth-order valence-electron chi connectivity index (χ4n) is 6.99. The van der Waals surface area contributed by atoms with E-state index < -0.39 is 41.9 Å². The molecule has 0 aliphatic carbocycles. The number of anilines is 2. The van der Waals surface area contributed by atoms with Gasteiger partial charge in [-0.1, -0.05) is 41.2 Å². The van der Waals surface area contributed by atoms with Gasteiger partial charge < -0.3 is 48.4 Å². The van der Waals surface area contributed by atoms with Gasteiger partial charge in [-0.15, -0.1) is 0 Å². The smallest absolute Gasteiger partial charge is 0.412 e. The lowest BCUT2D eigenvalue weighted by Crippen LogP contribution is -2.44. The number of rotatable bonds is 20. The van der Waals surface area contributed by atoms with E-state index in [0.717, 1.165) is 16.2 Å². The Balaban J connectivity index is 1.23. The minimum absolute atomic E-state index is 0.0794. The molecule has 4 N–H and O–H groups in total. The van der Waals surface area contributed by atoms with Crippen molar-refractivity contribution in [1.82, 2.24) is 14.8 Å². The third-order valence-corrected chi connectivity index (χ3v) is 13.0. The number of unbranched alkanes of at least 4 members (excludes halogenated alkanes) is 2. The molecule has 2 aliphatic rings. The highest BCUT2D eigenvalue weighted by molar-refractivity contribution is 8.76. The summed E-state index contributed by atoms with van der Waals surface area (Å²) >= 11 is 0. The molecular formula is C47H61N5O12S2. The Kier molecular flexibility index (Phi) is 18.9. The van der Waals surface area contributed by atoms with Crippen LogP contribution >= 0.6 is 21.6 Å². The summed E-state index contributed by atoms with van der Waals surface area (Å²) in [6, 6.07) is 11.2. The Morgan fingerprint density at radius 2 is 1.44 bits per heavy atom. The number of likely N-dealkylation sites (tertiary alicyclic amines) is 2. The van der Waals surface area contributed by atoms with Crippen molar-refractivity contribution in [3.05, 3.63) is 84.1 Å². The van der Waals surface area contributed by atoms with Crippen molar-refractivity contribution in [2.45, 2.75) is 94.4 Å². The van der Waals surface area contributed by atoms with Gasteiger partial charge in [-0.2, -0.15) is 0 Å². The molecule has 358 valence electrons. The summed E-state index contributed by atoms with van der Waals surface area (Å²) in [6.45, 7) is 15.8. The van der Waals surface area contributed by atoms with Crippen molar-refractivity contribution in [3.8, 4) is 23.0 Å². The van der Waals surface area contributed by atoms with Gasteiger partial charge in [0.05, 0.1) is 62.6 Å². The first-order valence-electron chi connectivity index (χ1n) is 21.6. The van der Waals surface area contributed by atoms with Gasteiger partial charge in [-0.25, -0.2) is 14.6 Å². The monoisotopic (exact) mass is 951 g/mol. The van der Waals surface area contributed by atoms with Crippen molar-refractivity contribution in [1.29, 1.82) is 0 Å². The van der Waals surface area contributed by atoms with Crippen LogP contribution in [0.4, 0.5) is 21.0 Å². The second-order valence-electron chi connectivity index (χ2n) is 16.8. The van der Waals surface area contributed by atoms with E-state index in [4.69, 9.17) is 28.4 Å². The first kappa shape index (κ1) is 51.4. The number of benzene rings is 2. The van der Waals surface area contributed by atoms with Gasteiger partial charge in [-0.05, 0) is 101 Å². The molecular weight excluding hydrogens is 891 g/mol. The van der Waals surface area contributed by atoms with E-state index in [0.29, 0.717) is 38.5 Å². The van der Waals surface area contributed by atoms with E-state index >= 15 is 0 Å². The SMILES string of the molecule is C=C1CCC(O)N(C(=O)c2cc(OC)c(OCCCCCOc3cc(NC(=O)OC[C@@H](C)SSc4ccccn4)c(C(=O)N4CC(=C)C[C@H]4CO)cc3OC)cc2NC(=O)OC(C)(C)C)C1. The number of aliphatic hydroxyl groups is 2. The number of aromatic nitrogens is 1. The van der Waals surface area contributed by atoms with Gasteiger partial charge in [0.25, 0.3) is 11.8 Å². The zero-order valence-electron chi connectivity index (χ0n) is 38.4. The predicted molar refractivity (Wildman–Crippen MR) is 254 cm³/mol. The van der Waals surface area contributed by atoms with Gasteiger partial charge in [0, 0.05) is 36.7 Å². The molecule has 2 aromatic carbocycles. The van der Waals surface area contributed by atoms with Crippen LogP contribution < -0.4 is 29.6 Å². The maximum Gasteiger partial charge on any atom is 0.412 e. The molecule has 1 aromatic heterocycles. The number of nitrogens with zero attached hydrogens (tertiary/aromatic N) is 3. The number of piperidine rings is 1. The number of nitrogens with one attached hydrogen (secondary N) is 2. The molecule has 3 heterocycles. The molecule has 0 saturated carbocycles.